The molecule has 1 heterocycles. The molecular formula is C17H21ClN2O2. The lowest BCUT2D eigenvalue weighted by molar-refractivity contribution is -0.127. The van der Waals surface area contributed by atoms with Gasteiger partial charge in [-0.3, -0.25) is 9.59 Å². The zero-order valence-electron chi connectivity index (χ0n) is 12.7. The topological polar surface area (TPSA) is 63.4 Å². The molecule has 0 spiro atoms. The molecule has 4 nitrogen and oxygen atoms in total. The van der Waals surface area contributed by atoms with Crippen LogP contribution in [0.3, 0.4) is 0 Å². The summed E-state index contributed by atoms with van der Waals surface area (Å²) in [4.78, 5) is 25.1. The molecular weight excluding hydrogens is 300 g/mol. The van der Waals surface area contributed by atoms with Gasteiger partial charge in [0.15, 0.2) is 0 Å². The van der Waals surface area contributed by atoms with Crippen LogP contribution in [0.25, 0.3) is 5.57 Å². The Morgan fingerprint density at radius 2 is 1.95 bits per heavy atom. The van der Waals surface area contributed by atoms with Gasteiger partial charge in [-0.1, -0.05) is 29.8 Å². The van der Waals surface area contributed by atoms with Gasteiger partial charge in [0.2, 0.25) is 11.8 Å². The Morgan fingerprint density at radius 1 is 1.32 bits per heavy atom. The molecule has 1 fully saturated rings. The molecule has 2 rings (SSSR count). The molecule has 0 bridgehead atoms. The van der Waals surface area contributed by atoms with Crippen LogP contribution in [0.2, 0.25) is 5.02 Å². The average molecular weight is 321 g/mol. The average Bonchev–Trinajstić information content (AvgIpc) is 2.47. The number of nitrogens with two attached hydrogens (primary N) is 1. The molecule has 1 aromatic rings. The van der Waals surface area contributed by atoms with Gasteiger partial charge in [0.05, 0.1) is 0 Å². The van der Waals surface area contributed by atoms with E-state index in [1.807, 2.05) is 36.1 Å². The highest BCUT2D eigenvalue weighted by atomic mass is 35.5. The number of amides is 2. The first kappa shape index (κ1) is 16.6. The molecule has 0 radical (unpaired) electrons. The third kappa shape index (κ3) is 4.34. The number of nitrogens with zero attached hydrogens (tertiary/aromatic N) is 1. The number of halogens is 1. The van der Waals surface area contributed by atoms with Gasteiger partial charge in [0.25, 0.3) is 0 Å². The summed E-state index contributed by atoms with van der Waals surface area (Å²) in [5.41, 5.74) is 6.95. The number of hydrogen-bond donors (Lipinski definition) is 1. The molecule has 1 aliphatic rings. The molecule has 0 saturated carbocycles. The largest absolute Gasteiger partial charge is 0.370 e. The highest BCUT2D eigenvalue weighted by molar-refractivity contribution is 6.32. The molecule has 0 unspecified atom stereocenters. The zero-order valence-corrected chi connectivity index (χ0v) is 13.5. The van der Waals surface area contributed by atoms with Crippen LogP contribution in [0.1, 0.15) is 31.7 Å². The zero-order chi connectivity index (χ0) is 16.1. The molecule has 0 aromatic heterocycles. The first-order valence-corrected chi connectivity index (χ1v) is 7.85. The summed E-state index contributed by atoms with van der Waals surface area (Å²) in [6.45, 7) is 3.23. The van der Waals surface area contributed by atoms with Gasteiger partial charge in [0.1, 0.15) is 0 Å². The van der Waals surface area contributed by atoms with Gasteiger partial charge < -0.3 is 10.6 Å². The van der Waals surface area contributed by atoms with E-state index in [1.165, 1.54) is 0 Å². The van der Waals surface area contributed by atoms with Crippen LogP contribution in [0.4, 0.5) is 0 Å². The lowest BCUT2D eigenvalue weighted by Crippen LogP contribution is -2.38. The number of carbonyl (C=O) groups excluding carboxylic acids is 2. The monoisotopic (exact) mass is 320 g/mol. The highest BCUT2D eigenvalue weighted by Crippen LogP contribution is 2.24. The Kier molecular flexibility index (Phi) is 5.61. The van der Waals surface area contributed by atoms with Crippen molar-refractivity contribution in [2.24, 2.45) is 11.7 Å². The fourth-order valence-electron chi connectivity index (χ4n) is 2.78. The van der Waals surface area contributed by atoms with Crippen molar-refractivity contribution >= 4 is 29.0 Å². The molecule has 2 amide bonds. The molecule has 1 aromatic carbocycles. The van der Waals surface area contributed by atoms with Crippen molar-refractivity contribution in [2.45, 2.75) is 26.2 Å². The second-order valence-corrected chi connectivity index (χ2v) is 6.15. The van der Waals surface area contributed by atoms with Crippen molar-refractivity contribution in [2.75, 3.05) is 13.1 Å². The Balaban J connectivity index is 1.97. The lowest BCUT2D eigenvalue weighted by atomic mass is 9.93. The Bertz CT molecular complexity index is 590. The summed E-state index contributed by atoms with van der Waals surface area (Å²) in [5.74, 6) is 0.0318. The quantitative estimate of drug-likeness (QED) is 0.867. The van der Waals surface area contributed by atoms with Crippen molar-refractivity contribution in [1.29, 1.82) is 0 Å². The van der Waals surface area contributed by atoms with Gasteiger partial charge >= 0.3 is 0 Å². The van der Waals surface area contributed by atoms with E-state index in [1.54, 1.807) is 6.08 Å². The molecule has 0 atom stereocenters. The minimum Gasteiger partial charge on any atom is -0.370 e. The second-order valence-electron chi connectivity index (χ2n) is 5.75. The summed E-state index contributed by atoms with van der Waals surface area (Å²) in [6, 6.07) is 7.48. The molecule has 1 aliphatic heterocycles. The number of benzene rings is 1. The Labute approximate surface area is 135 Å². The van der Waals surface area contributed by atoms with Crippen LogP contribution < -0.4 is 5.73 Å². The normalized spacial score (nSPS) is 16.6. The van der Waals surface area contributed by atoms with E-state index >= 15 is 0 Å². The van der Waals surface area contributed by atoms with E-state index in [0.29, 0.717) is 30.5 Å². The first-order valence-electron chi connectivity index (χ1n) is 7.47. The fraction of sp³-hybridized carbons (Fsp3) is 0.412. The van der Waals surface area contributed by atoms with Gasteiger partial charge in [0, 0.05) is 30.6 Å². The lowest BCUT2D eigenvalue weighted by Gasteiger charge is -2.31. The van der Waals surface area contributed by atoms with E-state index in [0.717, 1.165) is 24.0 Å². The van der Waals surface area contributed by atoms with Crippen molar-refractivity contribution in [1.82, 2.24) is 4.90 Å². The number of carbonyl (C=O) groups is 2. The number of likely N-dealkylation sites (tertiary alicyclic amines) is 1. The first-order chi connectivity index (χ1) is 10.5. The predicted molar refractivity (Wildman–Crippen MR) is 88.2 cm³/mol. The molecule has 118 valence electrons. The highest BCUT2D eigenvalue weighted by Gasteiger charge is 2.23. The van der Waals surface area contributed by atoms with Crippen LogP contribution in [-0.2, 0) is 9.59 Å². The SMILES string of the molecule is CC(=CC(=O)N1CCC(CC(N)=O)CC1)c1ccccc1Cl. The van der Waals surface area contributed by atoms with Crippen LogP contribution >= 0.6 is 11.6 Å². The summed E-state index contributed by atoms with van der Waals surface area (Å²) in [6.07, 6.45) is 3.70. The summed E-state index contributed by atoms with van der Waals surface area (Å²) < 4.78 is 0. The van der Waals surface area contributed by atoms with Crippen molar-refractivity contribution in [3.63, 3.8) is 0 Å². The fourth-order valence-corrected chi connectivity index (χ4v) is 3.06. The van der Waals surface area contributed by atoms with Crippen LogP contribution in [0.5, 0.6) is 0 Å². The summed E-state index contributed by atoms with van der Waals surface area (Å²) in [5, 5.41) is 0.643. The number of piperidine rings is 1. The number of allylic oxidation sites excluding steroid dienone is 1. The molecule has 1 saturated heterocycles. The number of rotatable bonds is 4. The van der Waals surface area contributed by atoms with Crippen LogP contribution in [0, 0.1) is 5.92 Å². The standard InChI is InChI=1S/C17H21ClN2O2/c1-12(14-4-2-3-5-15(14)18)10-17(22)20-8-6-13(7-9-20)11-16(19)21/h2-5,10,13H,6-9,11H2,1H3,(H2,19,21). The Hall–Kier alpha value is -1.81. The maximum Gasteiger partial charge on any atom is 0.246 e. The Morgan fingerprint density at radius 3 is 2.55 bits per heavy atom. The van der Waals surface area contributed by atoms with Crippen molar-refractivity contribution < 1.29 is 9.59 Å². The van der Waals surface area contributed by atoms with Gasteiger partial charge in [-0.25, -0.2) is 0 Å². The number of hydrogen-bond acceptors (Lipinski definition) is 2. The third-order valence-electron chi connectivity index (χ3n) is 4.05. The van der Waals surface area contributed by atoms with E-state index in [4.69, 9.17) is 17.3 Å². The number of primary amides is 1. The van der Waals surface area contributed by atoms with Crippen LogP contribution in [-0.4, -0.2) is 29.8 Å². The van der Waals surface area contributed by atoms with Crippen molar-refractivity contribution in [3.8, 4) is 0 Å². The molecule has 5 heteroatoms. The molecule has 2 N–H and O–H groups in total. The maximum absolute atomic E-state index is 12.3. The van der Waals surface area contributed by atoms with Gasteiger partial charge in [-0.05, 0) is 42.9 Å². The minimum absolute atomic E-state index is 0.00468. The molecule has 0 aliphatic carbocycles. The van der Waals surface area contributed by atoms with Crippen molar-refractivity contribution in [3.05, 3.63) is 40.9 Å². The maximum atomic E-state index is 12.3. The smallest absolute Gasteiger partial charge is 0.246 e. The summed E-state index contributed by atoms with van der Waals surface area (Å²) >= 11 is 6.15. The van der Waals surface area contributed by atoms with Crippen LogP contribution in [0.15, 0.2) is 30.3 Å². The van der Waals surface area contributed by atoms with E-state index in [-0.39, 0.29) is 11.8 Å². The summed E-state index contributed by atoms with van der Waals surface area (Å²) in [7, 11) is 0. The second kappa shape index (κ2) is 7.45. The minimum atomic E-state index is -0.265. The van der Waals surface area contributed by atoms with Gasteiger partial charge in [-0.2, -0.15) is 0 Å². The third-order valence-corrected chi connectivity index (χ3v) is 4.38. The van der Waals surface area contributed by atoms with E-state index < -0.39 is 0 Å². The van der Waals surface area contributed by atoms with E-state index in [9.17, 15) is 9.59 Å². The van der Waals surface area contributed by atoms with Gasteiger partial charge in [-0.15, -0.1) is 0 Å². The van der Waals surface area contributed by atoms with E-state index in [2.05, 4.69) is 0 Å². The molecule has 22 heavy (non-hydrogen) atoms. The predicted octanol–water partition coefficient (Wildman–Crippen LogP) is 2.86.